The van der Waals surface area contributed by atoms with Gasteiger partial charge in [0.05, 0.1) is 0 Å². The van der Waals surface area contributed by atoms with Crippen molar-refractivity contribution in [3.8, 4) is 0 Å². The molecule has 98 valence electrons. The van der Waals surface area contributed by atoms with E-state index in [9.17, 15) is 13.3 Å². The second kappa shape index (κ2) is 6.27. The molecule has 0 radical (unpaired) electrons. The third-order valence-corrected chi connectivity index (χ3v) is 5.85. The minimum atomic E-state index is -1.59. The maximum atomic E-state index is 13.0. The van der Waals surface area contributed by atoms with Crippen molar-refractivity contribution < 1.29 is 13.3 Å². The van der Waals surface area contributed by atoms with Gasteiger partial charge in [-0.3, -0.25) is 0 Å². The van der Waals surface area contributed by atoms with Gasteiger partial charge in [0, 0.05) is 17.4 Å². The summed E-state index contributed by atoms with van der Waals surface area (Å²) in [5, 5.41) is 0. The van der Waals surface area contributed by atoms with Crippen LogP contribution in [0.4, 0.5) is 8.78 Å². The Morgan fingerprint density at radius 1 is 0.895 bits per heavy atom. The fourth-order valence-electron chi connectivity index (χ4n) is 1.83. The second-order valence-electron chi connectivity index (χ2n) is 3.97. The quantitative estimate of drug-likeness (QED) is 0.725. The summed E-state index contributed by atoms with van der Waals surface area (Å²) in [6.07, 6.45) is 1.76. The molecular formula is C14H12F2OPS+. The molecule has 0 aliphatic heterocycles. The van der Waals surface area contributed by atoms with Crippen molar-refractivity contribution in [1.29, 1.82) is 0 Å². The lowest BCUT2D eigenvalue weighted by atomic mass is 10.0. The first-order chi connectivity index (χ1) is 9.11. The highest BCUT2D eigenvalue weighted by Crippen LogP contribution is 2.53. The van der Waals surface area contributed by atoms with E-state index in [4.69, 9.17) is 0 Å². The highest BCUT2D eigenvalue weighted by Gasteiger charge is 2.33. The molecule has 5 heteroatoms. The standard InChI is InChI=1S/C14H12F2OPS/c1-19-18(17)14(10-2-6-12(15)7-3-10)11-4-8-13(16)9-5-11/h2-9,14H,1H3/q+1. The Morgan fingerprint density at radius 2 is 1.26 bits per heavy atom. The zero-order valence-corrected chi connectivity index (χ0v) is 11.9. The van der Waals surface area contributed by atoms with E-state index in [1.807, 2.05) is 0 Å². The van der Waals surface area contributed by atoms with Crippen molar-refractivity contribution in [3.63, 3.8) is 0 Å². The zero-order chi connectivity index (χ0) is 13.8. The van der Waals surface area contributed by atoms with E-state index in [1.54, 1.807) is 30.5 Å². The predicted molar refractivity (Wildman–Crippen MR) is 75.8 cm³/mol. The molecule has 0 saturated heterocycles. The van der Waals surface area contributed by atoms with Crippen LogP contribution in [0.15, 0.2) is 48.5 Å². The van der Waals surface area contributed by atoms with Crippen LogP contribution in [0.1, 0.15) is 16.8 Å². The molecule has 0 aliphatic carbocycles. The minimum absolute atomic E-state index is 0.332. The molecule has 0 amide bonds. The van der Waals surface area contributed by atoms with Gasteiger partial charge in [0.25, 0.3) is 0 Å². The number of hydrogen-bond acceptors (Lipinski definition) is 2. The normalized spacial score (nSPS) is 11.7. The maximum absolute atomic E-state index is 13.0. The Hall–Kier alpha value is -1.25. The molecular weight excluding hydrogens is 285 g/mol. The molecule has 2 aromatic carbocycles. The van der Waals surface area contributed by atoms with Crippen LogP contribution < -0.4 is 0 Å². The van der Waals surface area contributed by atoms with E-state index in [0.29, 0.717) is 0 Å². The molecule has 0 bridgehead atoms. The third-order valence-electron chi connectivity index (χ3n) is 2.76. The SMILES string of the molecule is CS[P+](=O)C(c1ccc(F)cc1)c1ccc(F)cc1. The number of benzene rings is 2. The Labute approximate surface area is 115 Å². The lowest BCUT2D eigenvalue weighted by Gasteiger charge is -2.07. The number of halogens is 2. The summed E-state index contributed by atoms with van der Waals surface area (Å²) in [5.41, 5.74) is 1.18. The first-order valence-electron chi connectivity index (χ1n) is 5.63. The fourth-order valence-corrected chi connectivity index (χ4v) is 4.24. The molecule has 2 aromatic rings. The lowest BCUT2D eigenvalue weighted by Crippen LogP contribution is -1.96. The molecule has 0 spiro atoms. The molecule has 0 N–H and O–H groups in total. The van der Waals surface area contributed by atoms with Crippen molar-refractivity contribution in [3.05, 3.63) is 71.3 Å². The average molecular weight is 297 g/mol. The van der Waals surface area contributed by atoms with Crippen LogP contribution in [0, 0.1) is 11.6 Å². The summed E-state index contributed by atoms with van der Waals surface area (Å²) in [4.78, 5) is 0. The van der Waals surface area contributed by atoms with Gasteiger partial charge >= 0.3 is 7.00 Å². The number of rotatable bonds is 4. The van der Waals surface area contributed by atoms with E-state index < -0.39 is 7.00 Å². The van der Waals surface area contributed by atoms with Gasteiger partial charge in [-0.25, -0.2) is 8.78 Å². The molecule has 0 heterocycles. The first-order valence-corrected chi connectivity index (χ1v) is 8.79. The summed E-state index contributed by atoms with van der Waals surface area (Å²) in [6, 6.07) is 11.8. The summed E-state index contributed by atoms with van der Waals surface area (Å²) < 4.78 is 38.1. The van der Waals surface area contributed by atoms with Gasteiger partial charge in [0.1, 0.15) is 23.0 Å². The molecule has 2 rings (SSSR count). The summed E-state index contributed by atoms with van der Waals surface area (Å²) in [7, 11) is -1.59. The molecule has 1 unspecified atom stereocenters. The molecule has 1 nitrogen and oxygen atoms in total. The van der Waals surface area contributed by atoms with E-state index >= 15 is 0 Å². The summed E-state index contributed by atoms with van der Waals surface area (Å²) in [6.45, 7) is 0. The topological polar surface area (TPSA) is 17.1 Å². The predicted octanol–water partition coefficient (Wildman–Crippen LogP) is 5.16. The van der Waals surface area contributed by atoms with Crippen molar-refractivity contribution in [2.45, 2.75) is 5.66 Å². The Morgan fingerprint density at radius 3 is 1.58 bits per heavy atom. The molecule has 1 atom stereocenters. The lowest BCUT2D eigenvalue weighted by molar-refractivity contribution is 0.592. The van der Waals surface area contributed by atoms with E-state index in [0.717, 1.165) is 11.1 Å². The Balaban J connectivity index is 2.44. The van der Waals surface area contributed by atoms with Crippen LogP contribution in [-0.4, -0.2) is 6.26 Å². The van der Waals surface area contributed by atoms with Crippen molar-refractivity contribution in [2.24, 2.45) is 0 Å². The number of hydrogen-bond donors (Lipinski definition) is 0. The van der Waals surface area contributed by atoms with Gasteiger partial charge in [-0.15, -0.1) is 0 Å². The summed E-state index contributed by atoms with van der Waals surface area (Å²) >= 11 is 1.25. The van der Waals surface area contributed by atoms with Gasteiger partial charge in [-0.1, -0.05) is 28.8 Å². The zero-order valence-electron chi connectivity index (χ0n) is 10.2. The monoisotopic (exact) mass is 297 g/mol. The molecule has 0 saturated carbocycles. The minimum Gasteiger partial charge on any atom is -0.207 e. The van der Waals surface area contributed by atoms with E-state index in [-0.39, 0.29) is 17.3 Å². The van der Waals surface area contributed by atoms with Crippen LogP contribution in [0.3, 0.4) is 0 Å². The van der Waals surface area contributed by atoms with Crippen LogP contribution in [0.2, 0.25) is 0 Å². The van der Waals surface area contributed by atoms with Gasteiger partial charge in [0.15, 0.2) is 0 Å². The van der Waals surface area contributed by atoms with Crippen molar-refractivity contribution >= 4 is 18.4 Å². The Kier molecular flexibility index (Phi) is 4.67. The highest BCUT2D eigenvalue weighted by atomic mass is 32.7. The van der Waals surface area contributed by atoms with Crippen molar-refractivity contribution in [1.82, 2.24) is 0 Å². The molecule has 0 fully saturated rings. The summed E-state index contributed by atoms with van der Waals surface area (Å²) in [5.74, 6) is -0.665. The van der Waals surface area contributed by atoms with Gasteiger partial charge in [0.2, 0.25) is 5.66 Å². The second-order valence-corrected chi connectivity index (χ2v) is 7.60. The van der Waals surface area contributed by atoms with Crippen molar-refractivity contribution in [2.75, 3.05) is 6.26 Å². The van der Waals surface area contributed by atoms with Crippen LogP contribution >= 0.6 is 18.4 Å². The third kappa shape index (κ3) is 3.40. The smallest absolute Gasteiger partial charge is 0.207 e. The Bertz CT molecular complexity index is 524. The van der Waals surface area contributed by atoms with Gasteiger partial charge in [-0.2, -0.15) is 0 Å². The van der Waals surface area contributed by atoms with Gasteiger partial charge < -0.3 is 0 Å². The van der Waals surface area contributed by atoms with E-state index in [2.05, 4.69) is 0 Å². The van der Waals surface area contributed by atoms with Gasteiger partial charge in [-0.05, 0) is 24.3 Å². The van der Waals surface area contributed by atoms with Crippen LogP contribution in [0.5, 0.6) is 0 Å². The maximum Gasteiger partial charge on any atom is 0.422 e. The molecule has 0 aromatic heterocycles. The molecule has 0 aliphatic rings. The fraction of sp³-hybridized carbons (Fsp3) is 0.143. The van der Waals surface area contributed by atoms with Crippen LogP contribution in [0.25, 0.3) is 0 Å². The largest absolute Gasteiger partial charge is 0.422 e. The molecule has 19 heavy (non-hydrogen) atoms. The highest BCUT2D eigenvalue weighted by molar-refractivity contribution is 8.51. The van der Waals surface area contributed by atoms with E-state index in [1.165, 1.54) is 35.6 Å². The first kappa shape index (κ1) is 14.2. The van der Waals surface area contributed by atoms with Crippen LogP contribution in [-0.2, 0) is 4.57 Å². The average Bonchev–Trinajstić information content (AvgIpc) is 2.43.